The standard InChI is InChI=1S/C30H27N3O/c1-18(2)20-10-7-11-21(19(3)4)27(20)33-26-16-6-5-15-25(26)32-29(33)24-13-8-12-22-23-14-9-17-31-30(23)34-28(22)24/h5-19H,1-4H3. The Balaban J connectivity index is 1.77. The SMILES string of the molecule is CC(C)c1cccc(C(C)C)c1-n1c(-c2cccc3c2oc2ncccc23)nc2ccccc21. The van der Waals surface area contributed by atoms with Crippen molar-refractivity contribution in [1.82, 2.24) is 14.5 Å². The summed E-state index contributed by atoms with van der Waals surface area (Å²) in [4.78, 5) is 9.62. The van der Waals surface area contributed by atoms with Crippen LogP contribution in [0, 0.1) is 0 Å². The Kier molecular flexibility index (Phi) is 4.77. The number of imidazole rings is 1. The first-order valence-electron chi connectivity index (χ1n) is 11.9. The number of nitrogens with zero attached hydrogens (tertiary/aromatic N) is 3. The number of hydrogen-bond donors (Lipinski definition) is 0. The van der Waals surface area contributed by atoms with Gasteiger partial charge in [-0.1, -0.05) is 70.2 Å². The fourth-order valence-corrected chi connectivity index (χ4v) is 5.01. The highest BCUT2D eigenvalue weighted by atomic mass is 16.3. The van der Waals surface area contributed by atoms with E-state index in [1.165, 1.54) is 16.8 Å². The number of benzene rings is 3. The van der Waals surface area contributed by atoms with Gasteiger partial charge in [-0.15, -0.1) is 0 Å². The predicted octanol–water partition coefficient (Wildman–Crippen LogP) is 8.23. The molecule has 6 rings (SSSR count). The fourth-order valence-electron chi connectivity index (χ4n) is 5.01. The number of rotatable bonds is 4. The Bertz CT molecular complexity index is 1640. The topological polar surface area (TPSA) is 43.9 Å². The van der Waals surface area contributed by atoms with Crippen molar-refractivity contribution in [2.75, 3.05) is 0 Å². The summed E-state index contributed by atoms with van der Waals surface area (Å²) in [6.45, 7) is 9.03. The van der Waals surface area contributed by atoms with Crippen molar-refractivity contribution >= 4 is 33.1 Å². The molecule has 168 valence electrons. The van der Waals surface area contributed by atoms with E-state index in [2.05, 4.69) is 97.9 Å². The summed E-state index contributed by atoms with van der Waals surface area (Å²) in [5.41, 5.74) is 8.36. The lowest BCUT2D eigenvalue weighted by atomic mass is 9.92. The Morgan fingerprint density at radius 3 is 2.21 bits per heavy atom. The first-order chi connectivity index (χ1) is 16.5. The van der Waals surface area contributed by atoms with Gasteiger partial charge >= 0.3 is 0 Å². The average molecular weight is 446 g/mol. The third kappa shape index (κ3) is 3.06. The maximum absolute atomic E-state index is 6.32. The maximum atomic E-state index is 6.32. The first-order valence-corrected chi connectivity index (χ1v) is 11.9. The van der Waals surface area contributed by atoms with Crippen LogP contribution in [0.5, 0.6) is 0 Å². The molecule has 34 heavy (non-hydrogen) atoms. The van der Waals surface area contributed by atoms with Gasteiger partial charge in [-0.25, -0.2) is 9.97 Å². The van der Waals surface area contributed by atoms with E-state index in [0.717, 1.165) is 38.8 Å². The average Bonchev–Trinajstić information content (AvgIpc) is 3.42. The fraction of sp³-hybridized carbons (Fsp3) is 0.200. The van der Waals surface area contributed by atoms with Crippen LogP contribution in [0.1, 0.15) is 50.7 Å². The van der Waals surface area contributed by atoms with Crippen LogP contribution in [0.2, 0.25) is 0 Å². The van der Waals surface area contributed by atoms with E-state index in [9.17, 15) is 0 Å². The molecule has 0 radical (unpaired) electrons. The summed E-state index contributed by atoms with van der Waals surface area (Å²) >= 11 is 0. The summed E-state index contributed by atoms with van der Waals surface area (Å²) in [5.74, 6) is 1.63. The van der Waals surface area contributed by atoms with Crippen molar-refractivity contribution in [2.24, 2.45) is 0 Å². The number of aromatic nitrogens is 3. The summed E-state index contributed by atoms with van der Waals surface area (Å²) in [7, 11) is 0. The molecule has 3 aromatic carbocycles. The Morgan fingerprint density at radius 1 is 0.735 bits per heavy atom. The molecule has 0 atom stereocenters. The molecule has 6 aromatic rings. The van der Waals surface area contributed by atoms with Crippen molar-refractivity contribution in [3.05, 3.63) is 90.1 Å². The second-order valence-electron chi connectivity index (χ2n) is 9.49. The van der Waals surface area contributed by atoms with E-state index < -0.39 is 0 Å². The molecule has 0 aliphatic heterocycles. The van der Waals surface area contributed by atoms with Crippen molar-refractivity contribution in [3.8, 4) is 17.1 Å². The molecule has 0 bridgehead atoms. The van der Waals surface area contributed by atoms with Crippen LogP contribution in [0.15, 0.2) is 83.4 Å². The van der Waals surface area contributed by atoms with Gasteiger partial charge in [-0.3, -0.25) is 4.57 Å². The highest BCUT2D eigenvalue weighted by Gasteiger charge is 2.24. The van der Waals surface area contributed by atoms with Gasteiger partial charge in [0.2, 0.25) is 5.71 Å². The zero-order valence-electron chi connectivity index (χ0n) is 19.9. The summed E-state index contributed by atoms with van der Waals surface area (Å²) in [5, 5.41) is 2.08. The highest BCUT2D eigenvalue weighted by molar-refractivity contribution is 6.08. The van der Waals surface area contributed by atoms with Gasteiger partial charge in [0.05, 0.1) is 22.3 Å². The molecule has 0 saturated carbocycles. The molecule has 0 N–H and O–H groups in total. The smallest absolute Gasteiger partial charge is 0.227 e. The van der Waals surface area contributed by atoms with E-state index in [4.69, 9.17) is 9.40 Å². The molecular weight excluding hydrogens is 418 g/mol. The van der Waals surface area contributed by atoms with E-state index in [1.54, 1.807) is 6.20 Å². The van der Waals surface area contributed by atoms with Crippen LogP contribution >= 0.6 is 0 Å². The summed E-state index contributed by atoms with van der Waals surface area (Å²) < 4.78 is 8.66. The quantitative estimate of drug-likeness (QED) is 0.274. The molecule has 4 nitrogen and oxygen atoms in total. The van der Waals surface area contributed by atoms with Gasteiger partial charge in [0.15, 0.2) is 0 Å². The van der Waals surface area contributed by atoms with Crippen LogP contribution in [0.3, 0.4) is 0 Å². The van der Waals surface area contributed by atoms with Crippen molar-refractivity contribution < 1.29 is 4.42 Å². The molecule has 3 aromatic heterocycles. The van der Waals surface area contributed by atoms with E-state index >= 15 is 0 Å². The predicted molar refractivity (Wildman–Crippen MR) is 140 cm³/mol. The molecule has 0 amide bonds. The van der Waals surface area contributed by atoms with Gasteiger partial charge in [0.1, 0.15) is 11.4 Å². The Hall–Kier alpha value is -3.92. The zero-order chi connectivity index (χ0) is 23.4. The minimum absolute atomic E-state index is 0.369. The van der Waals surface area contributed by atoms with Crippen LogP contribution in [0.25, 0.3) is 50.2 Å². The third-order valence-corrected chi connectivity index (χ3v) is 6.64. The van der Waals surface area contributed by atoms with Gasteiger partial charge in [0.25, 0.3) is 0 Å². The Morgan fingerprint density at radius 2 is 1.44 bits per heavy atom. The minimum Gasteiger partial charge on any atom is -0.437 e. The van der Waals surface area contributed by atoms with Crippen molar-refractivity contribution in [1.29, 1.82) is 0 Å². The van der Waals surface area contributed by atoms with E-state index in [1.807, 2.05) is 12.1 Å². The molecule has 0 fully saturated rings. The number of pyridine rings is 1. The third-order valence-electron chi connectivity index (χ3n) is 6.64. The number of fused-ring (bicyclic) bond motifs is 4. The van der Waals surface area contributed by atoms with Crippen molar-refractivity contribution in [3.63, 3.8) is 0 Å². The number of hydrogen-bond acceptors (Lipinski definition) is 3. The van der Waals surface area contributed by atoms with E-state index in [0.29, 0.717) is 17.5 Å². The second kappa shape index (κ2) is 7.84. The second-order valence-corrected chi connectivity index (χ2v) is 9.49. The van der Waals surface area contributed by atoms with Gasteiger partial charge in [0, 0.05) is 17.0 Å². The van der Waals surface area contributed by atoms with Crippen molar-refractivity contribution in [2.45, 2.75) is 39.5 Å². The molecule has 0 spiro atoms. The van der Waals surface area contributed by atoms with Gasteiger partial charge < -0.3 is 4.42 Å². The van der Waals surface area contributed by atoms with Gasteiger partial charge in [-0.2, -0.15) is 0 Å². The number of furan rings is 1. The lowest BCUT2D eigenvalue weighted by Gasteiger charge is -2.22. The molecule has 0 aliphatic carbocycles. The van der Waals surface area contributed by atoms with Crippen LogP contribution in [0.4, 0.5) is 0 Å². The summed E-state index contributed by atoms with van der Waals surface area (Å²) in [6, 6.07) is 25.4. The normalized spacial score (nSPS) is 12.1. The molecule has 0 saturated heterocycles. The van der Waals surface area contributed by atoms with Crippen LogP contribution in [-0.4, -0.2) is 14.5 Å². The number of para-hydroxylation sites is 4. The monoisotopic (exact) mass is 445 g/mol. The maximum Gasteiger partial charge on any atom is 0.227 e. The molecule has 0 aliphatic rings. The highest BCUT2D eigenvalue weighted by Crippen LogP contribution is 2.40. The minimum atomic E-state index is 0.369. The lowest BCUT2D eigenvalue weighted by Crippen LogP contribution is -2.08. The van der Waals surface area contributed by atoms with Crippen LogP contribution in [-0.2, 0) is 0 Å². The van der Waals surface area contributed by atoms with E-state index in [-0.39, 0.29) is 0 Å². The lowest BCUT2D eigenvalue weighted by molar-refractivity contribution is 0.654. The van der Waals surface area contributed by atoms with Crippen LogP contribution < -0.4 is 0 Å². The molecule has 4 heteroatoms. The molecular formula is C30H27N3O. The zero-order valence-corrected chi connectivity index (χ0v) is 19.9. The molecule has 0 unspecified atom stereocenters. The summed E-state index contributed by atoms with van der Waals surface area (Å²) in [6.07, 6.45) is 1.77. The Labute approximate surface area is 198 Å². The molecule has 3 heterocycles. The first kappa shape index (κ1) is 20.7. The van der Waals surface area contributed by atoms with Gasteiger partial charge in [-0.05, 0) is 53.3 Å². The largest absolute Gasteiger partial charge is 0.437 e.